The summed E-state index contributed by atoms with van der Waals surface area (Å²) < 4.78 is 0. The normalized spacial score (nSPS) is 13.4. The lowest BCUT2D eigenvalue weighted by atomic mass is 9.98. The zero-order chi connectivity index (χ0) is 10.3. The molecule has 0 bridgehead atoms. The first-order valence-corrected chi connectivity index (χ1v) is 5.65. The molecule has 1 aromatic rings. The third-order valence-electron chi connectivity index (χ3n) is 1.91. The van der Waals surface area contributed by atoms with Gasteiger partial charge in [0.1, 0.15) is 0 Å². The molecule has 13 heavy (non-hydrogen) atoms. The maximum absolute atomic E-state index is 4.27. The fraction of sp³-hybridized carbons (Fsp3) is 0.800. The summed E-state index contributed by atoms with van der Waals surface area (Å²) in [6, 6.07) is 0. The molecule has 0 amide bonds. The van der Waals surface area contributed by atoms with Gasteiger partial charge in [0.15, 0.2) is 0 Å². The van der Waals surface area contributed by atoms with Gasteiger partial charge in [0.2, 0.25) is 0 Å². The van der Waals surface area contributed by atoms with E-state index in [4.69, 9.17) is 0 Å². The van der Waals surface area contributed by atoms with E-state index in [0.717, 1.165) is 0 Å². The van der Waals surface area contributed by atoms with E-state index in [0.29, 0.717) is 8.19 Å². The van der Waals surface area contributed by atoms with E-state index in [2.05, 4.69) is 51.7 Å². The van der Waals surface area contributed by atoms with Gasteiger partial charge in [-0.05, 0) is 0 Å². The van der Waals surface area contributed by atoms with Crippen LogP contribution >= 0.6 is 8.19 Å². The third kappa shape index (κ3) is 2.54. The topological polar surface area (TPSA) is 25.8 Å². The molecule has 0 aliphatic carbocycles. The Labute approximate surface area is 82.2 Å². The summed E-state index contributed by atoms with van der Waals surface area (Å²) in [6.07, 6.45) is 0. The van der Waals surface area contributed by atoms with Crippen molar-refractivity contribution < 1.29 is 0 Å². The summed E-state index contributed by atoms with van der Waals surface area (Å²) in [5.74, 6) is 0. The van der Waals surface area contributed by atoms with Crippen LogP contribution in [0.5, 0.6) is 0 Å². The van der Waals surface area contributed by atoms with Crippen molar-refractivity contribution in [3.8, 4) is 0 Å². The Hall–Kier alpha value is -0.360. The van der Waals surface area contributed by atoms with Gasteiger partial charge in [-0.15, -0.1) is 0 Å². The highest BCUT2D eigenvalue weighted by Crippen LogP contribution is 2.35. The number of hydrogen-bond acceptors (Lipinski definition) is 2. The van der Waals surface area contributed by atoms with Crippen LogP contribution in [0, 0.1) is 0 Å². The zero-order valence-electron chi connectivity index (χ0n) is 9.39. The highest BCUT2D eigenvalue weighted by molar-refractivity contribution is 7.31. The molecule has 0 atom stereocenters. The van der Waals surface area contributed by atoms with Gasteiger partial charge >= 0.3 is 0 Å². The van der Waals surface area contributed by atoms with E-state index in [1.807, 2.05) is 0 Å². The molecular formula is C10H19N2P. The summed E-state index contributed by atoms with van der Waals surface area (Å²) in [5, 5.41) is 8.54. The van der Waals surface area contributed by atoms with Gasteiger partial charge in [0.25, 0.3) is 0 Å². The number of rotatable bonds is 0. The SMILES string of the molecule is CC(C)(C)c1nnc(C(C)(C)C)[pH]1. The lowest BCUT2D eigenvalue weighted by Gasteiger charge is -2.15. The molecule has 1 heterocycles. The Kier molecular flexibility index (Phi) is 2.55. The van der Waals surface area contributed by atoms with Crippen LogP contribution in [0.2, 0.25) is 0 Å². The Balaban J connectivity index is 3.01. The van der Waals surface area contributed by atoms with Crippen molar-refractivity contribution in [2.45, 2.75) is 52.4 Å². The fourth-order valence-corrected chi connectivity index (χ4v) is 2.11. The molecule has 0 saturated carbocycles. The van der Waals surface area contributed by atoms with Gasteiger partial charge in [-0.3, -0.25) is 0 Å². The van der Waals surface area contributed by atoms with E-state index in [1.54, 1.807) is 0 Å². The average Bonchev–Trinajstić information content (AvgIpc) is 2.28. The van der Waals surface area contributed by atoms with Gasteiger partial charge in [0.05, 0.1) is 10.9 Å². The van der Waals surface area contributed by atoms with Crippen molar-refractivity contribution in [1.82, 2.24) is 10.2 Å². The molecule has 0 aromatic carbocycles. The molecule has 1 aromatic heterocycles. The highest BCUT2D eigenvalue weighted by atomic mass is 31.0. The first-order chi connectivity index (χ1) is 5.71. The molecule has 0 saturated heterocycles. The standard InChI is InChI=1S/C10H19N2P/c1-9(2,3)7-11-12-8(13-7)10(4,5)6/h13H,1-6H3. The summed E-state index contributed by atoms with van der Waals surface area (Å²) in [6.45, 7) is 13.2. The molecule has 0 N–H and O–H groups in total. The minimum absolute atomic E-state index is 0.176. The van der Waals surface area contributed by atoms with Crippen LogP contribution < -0.4 is 0 Å². The molecule has 0 spiro atoms. The summed E-state index contributed by atoms with van der Waals surface area (Å²) >= 11 is 0. The van der Waals surface area contributed by atoms with E-state index in [9.17, 15) is 0 Å². The maximum Gasteiger partial charge on any atom is 0.0859 e. The molecule has 0 unspecified atom stereocenters. The van der Waals surface area contributed by atoms with Crippen LogP contribution in [0.4, 0.5) is 0 Å². The Bertz CT molecular complexity index is 260. The van der Waals surface area contributed by atoms with Crippen molar-refractivity contribution >= 4 is 8.19 Å². The maximum atomic E-state index is 4.27. The summed E-state index contributed by atoms with van der Waals surface area (Å²) in [5.41, 5.74) is 2.82. The predicted molar refractivity (Wildman–Crippen MR) is 58.9 cm³/mol. The Morgan fingerprint density at radius 1 is 0.769 bits per heavy atom. The van der Waals surface area contributed by atoms with Crippen molar-refractivity contribution in [1.29, 1.82) is 0 Å². The van der Waals surface area contributed by atoms with E-state index >= 15 is 0 Å². The average molecular weight is 198 g/mol. The summed E-state index contributed by atoms with van der Waals surface area (Å²) in [7, 11) is 0.694. The van der Waals surface area contributed by atoms with Gasteiger partial charge in [-0.25, -0.2) is 0 Å². The smallest absolute Gasteiger partial charge is 0.0859 e. The van der Waals surface area contributed by atoms with Crippen LogP contribution in [-0.2, 0) is 10.8 Å². The number of aromatic nitrogens is 2. The molecule has 74 valence electrons. The van der Waals surface area contributed by atoms with Gasteiger partial charge in [-0.2, -0.15) is 10.2 Å². The van der Waals surface area contributed by atoms with Crippen molar-refractivity contribution in [2.24, 2.45) is 0 Å². The first-order valence-electron chi connectivity index (χ1n) is 4.65. The number of hydrogen-bond donors (Lipinski definition) is 0. The van der Waals surface area contributed by atoms with Crippen molar-refractivity contribution in [3.63, 3.8) is 0 Å². The van der Waals surface area contributed by atoms with Crippen molar-refractivity contribution in [2.75, 3.05) is 0 Å². The van der Waals surface area contributed by atoms with Gasteiger partial charge in [-0.1, -0.05) is 49.7 Å². The van der Waals surface area contributed by atoms with Crippen molar-refractivity contribution in [3.05, 3.63) is 10.9 Å². The largest absolute Gasteiger partial charge is 0.150 e. The second-order valence-corrected chi connectivity index (χ2v) is 6.72. The zero-order valence-corrected chi connectivity index (χ0v) is 10.4. The Morgan fingerprint density at radius 3 is 1.23 bits per heavy atom. The molecule has 0 aliphatic heterocycles. The summed E-state index contributed by atoms with van der Waals surface area (Å²) in [4.78, 5) is 0. The second kappa shape index (κ2) is 3.09. The molecule has 1 rings (SSSR count). The number of nitrogens with zero attached hydrogens (tertiary/aromatic N) is 2. The highest BCUT2D eigenvalue weighted by Gasteiger charge is 2.23. The molecule has 0 radical (unpaired) electrons. The van der Waals surface area contributed by atoms with Crippen LogP contribution in [0.3, 0.4) is 0 Å². The predicted octanol–water partition coefficient (Wildman–Crippen LogP) is 3.10. The quantitative estimate of drug-likeness (QED) is 0.640. The minimum atomic E-state index is 0.176. The Morgan fingerprint density at radius 2 is 1.08 bits per heavy atom. The minimum Gasteiger partial charge on any atom is -0.150 e. The fourth-order valence-electron chi connectivity index (χ4n) is 0.937. The molecule has 3 heteroatoms. The van der Waals surface area contributed by atoms with Crippen LogP contribution in [-0.4, -0.2) is 10.2 Å². The first kappa shape index (κ1) is 10.7. The third-order valence-corrected chi connectivity index (χ3v) is 4.08. The van der Waals surface area contributed by atoms with Gasteiger partial charge < -0.3 is 0 Å². The monoisotopic (exact) mass is 198 g/mol. The molecule has 0 fully saturated rings. The van der Waals surface area contributed by atoms with Crippen LogP contribution in [0.15, 0.2) is 0 Å². The van der Waals surface area contributed by atoms with E-state index < -0.39 is 0 Å². The molecular weight excluding hydrogens is 179 g/mol. The van der Waals surface area contributed by atoms with Crippen LogP contribution in [0.1, 0.15) is 52.4 Å². The molecule has 2 nitrogen and oxygen atoms in total. The van der Waals surface area contributed by atoms with E-state index in [1.165, 1.54) is 10.9 Å². The van der Waals surface area contributed by atoms with E-state index in [-0.39, 0.29) is 10.8 Å². The lowest BCUT2D eigenvalue weighted by Crippen LogP contribution is -2.09. The molecule has 0 aliphatic rings. The van der Waals surface area contributed by atoms with Crippen LogP contribution in [0.25, 0.3) is 0 Å². The van der Waals surface area contributed by atoms with Gasteiger partial charge in [0, 0.05) is 10.8 Å². The second-order valence-electron chi connectivity index (χ2n) is 5.52. The lowest BCUT2D eigenvalue weighted by molar-refractivity contribution is 0.563.